The fraction of sp³-hybridized carbons (Fsp3) is 0.550. The lowest BCUT2D eigenvalue weighted by atomic mass is 10.1. The van der Waals surface area contributed by atoms with Crippen LogP contribution in [-0.2, 0) is 0 Å². The van der Waals surface area contributed by atoms with Crippen molar-refractivity contribution in [1.82, 2.24) is 25.5 Å². The molecule has 7 nitrogen and oxygen atoms in total. The molecular weight excluding hydrogens is 342 g/mol. The van der Waals surface area contributed by atoms with Gasteiger partial charge in [0.1, 0.15) is 5.69 Å². The Hall–Kier alpha value is -2.57. The number of amides is 3. The van der Waals surface area contributed by atoms with Crippen molar-refractivity contribution >= 4 is 22.8 Å². The van der Waals surface area contributed by atoms with Crippen molar-refractivity contribution in [2.45, 2.75) is 32.7 Å². The number of pyridine rings is 1. The maximum Gasteiger partial charge on any atom is 0.317 e. The molecule has 4 rings (SSSR count). The molecule has 2 aromatic heterocycles. The van der Waals surface area contributed by atoms with Crippen molar-refractivity contribution in [1.29, 1.82) is 0 Å². The number of hydrogen-bond acceptors (Lipinski definition) is 3. The number of carbonyl (C=O) groups excluding carboxylic acids is 2. The zero-order chi connectivity index (χ0) is 19.2. The lowest BCUT2D eigenvalue weighted by Gasteiger charge is -2.27. The van der Waals surface area contributed by atoms with E-state index in [1.165, 1.54) is 0 Å². The van der Waals surface area contributed by atoms with Crippen LogP contribution in [0.2, 0.25) is 0 Å². The van der Waals surface area contributed by atoms with Crippen molar-refractivity contribution in [2.75, 3.05) is 19.6 Å². The van der Waals surface area contributed by atoms with Gasteiger partial charge in [-0.2, -0.15) is 0 Å². The average Bonchev–Trinajstić information content (AvgIpc) is 3.00. The van der Waals surface area contributed by atoms with Crippen LogP contribution in [0.3, 0.4) is 0 Å². The second-order valence-electron chi connectivity index (χ2n) is 8.77. The first-order valence-corrected chi connectivity index (χ1v) is 9.60. The number of carbonyl (C=O) groups is 2. The van der Waals surface area contributed by atoms with Crippen molar-refractivity contribution < 1.29 is 9.59 Å². The molecule has 2 aromatic rings. The fourth-order valence-electron chi connectivity index (χ4n) is 4.19. The highest BCUT2D eigenvalue weighted by Crippen LogP contribution is 2.53. The van der Waals surface area contributed by atoms with Gasteiger partial charge in [-0.3, -0.25) is 9.78 Å². The quantitative estimate of drug-likeness (QED) is 0.773. The molecule has 2 aliphatic rings. The van der Waals surface area contributed by atoms with Crippen LogP contribution in [-0.4, -0.2) is 52.0 Å². The molecule has 7 heteroatoms. The number of hydrogen-bond donors (Lipinski definition) is 3. The minimum Gasteiger partial charge on any atom is -0.351 e. The van der Waals surface area contributed by atoms with Crippen molar-refractivity contribution in [3.63, 3.8) is 0 Å². The van der Waals surface area contributed by atoms with Gasteiger partial charge < -0.3 is 20.5 Å². The summed E-state index contributed by atoms with van der Waals surface area (Å²) in [5, 5.41) is 6.97. The molecule has 3 amide bonds. The SMILES string of the molecule is CC(C)(C)NC(=O)N1C[C@@H]2[C@H](CCNC(=O)c3cc4cnccc4[nH]3)[C@@H]2C1. The van der Waals surface area contributed by atoms with E-state index in [0.29, 0.717) is 30.0 Å². The van der Waals surface area contributed by atoms with Crippen LogP contribution in [0.5, 0.6) is 0 Å². The van der Waals surface area contributed by atoms with Crippen LogP contribution < -0.4 is 10.6 Å². The van der Waals surface area contributed by atoms with Gasteiger partial charge in [-0.05, 0) is 57.1 Å². The van der Waals surface area contributed by atoms with E-state index in [1.54, 1.807) is 12.4 Å². The highest BCUT2D eigenvalue weighted by molar-refractivity contribution is 5.97. The number of rotatable bonds is 4. The number of aromatic amines is 1. The topological polar surface area (TPSA) is 90.1 Å². The third-order valence-electron chi connectivity index (χ3n) is 5.57. The summed E-state index contributed by atoms with van der Waals surface area (Å²) >= 11 is 0. The summed E-state index contributed by atoms with van der Waals surface area (Å²) in [5.74, 6) is 1.72. The molecule has 0 radical (unpaired) electrons. The maximum absolute atomic E-state index is 12.3. The van der Waals surface area contributed by atoms with Gasteiger partial charge in [0.25, 0.3) is 5.91 Å². The van der Waals surface area contributed by atoms with Crippen molar-refractivity contribution in [3.8, 4) is 0 Å². The Morgan fingerprint density at radius 3 is 2.70 bits per heavy atom. The van der Waals surface area contributed by atoms with Crippen LogP contribution >= 0.6 is 0 Å². The van der Waals surface area contributed by atoms with Gasteiger partial charge in [-0.25, -0.2) is 4.79 Å². The van der Waals surface area contributed by atoms with Gasteiger partial charge in [-0.1, -0.05) is 0 Å². The molecule has 0 bridgehead atoms. The van der Waals surface area contributed by atoms with Crippen LogP contribution in [0.25, 0.3) is 10.9 Å². The highest BCUT2D eigenvalue weighted by Gasteiger charge is 2.55. The molecule has 1 saturated heterocycles. The summed E-state index contributed by atoms with van der Waals surface area (Å²) in [4.78, 5) is 33.6. The number of nitrogens with one attached hydrogen (secondary N) is 3. The summed E-state index contributed by atoms with van der Waals surface area (Å²) < 4.78 is 0. The molecule has 1 aliphatic heterocycles. The monoisotopic (exact) mass is 369 g/mol. The summed E-state index contributed by atoms with van der Waals surface area (Å²) in [6.07, 6.45) is 4.42. The summed E-state index contributed by atoms with van der Waals surface area (Å²) in [5.41, 5.74) is 1.28. The van der Waals surface area contributed by atoms with E-state index in [9.17, 15) is 9.59 Å². The molecule has 0 spiro atoms. The molecule has 3 atom stereocenters. The number of fused-ring (bicyclic) bond motifs is 2. The first-order valence-electron chi connectivity index (χ1n) is 9.60. The molecule has 3 N–H and O–H groups in total. The second kappa shape index (κ2) is 6.55. The van der Waals surface area contributed by atoms with Crippen molar-refractivity contribution in [2.24, 2.45) is 17.8 Å². The van der Waals surface area contributed by atoms with Gasteiger partial charge in [0.05, 0.1) is 0 Å². The largest absolute Gasteiger partial charge is 0.351 e. The number of nitrogens with zero attached hydrogens (tertiary/aromatic N) is 2. The average molecular weight is 369 g/mol. The smallest absolute Gasteiger partial charge is 0.317 e. The Labute approximate surface area is 158 Å². The standard InChI is InChI=1S/C20H27N5O2/c1-20(2,3)24-19(27)25-10-14-13(15(14)11-25)4-7-22-18(26)17-8-12-9-21-6-5-16(12)23-17/h5-6,8-9,13-15,23H,4,7,10-11H2,1-3H3,(H,22,26)(H,24,27)/t13-,14+,15-. The van der Waals surface area contributed by atoms with Crippen LogP contribution in [0.1, 0.15) is 37.7 Å². The zero-order valence-corrected chi connectivity index (χ0v) is 16.1. The molecule has 27 heavy (non-hydrogen) atoms. The first-order chi connectivity index (χ1) is 12.8. The van der Waals surface area contributed by atoms with E-state index in [2.05, 4.69) is 20.6 Å². The number of aromatic nitrogens is 2. The first kappa shape index (κ1) is 17.8. The summed E-state index contributed by atoms with van der Waals surface area (Å²) in [6.45, 7) is 8.32. The van der Waals surface area contributed by atoms with Crippen LogP contribution in [0, 0.1) is 17.8 Å². The molecule has 144 valence electrons. The third-order valence-corrected chi connectivity index (χ3v) is 5.57. The maximum atomic E-state index is 12.3. The summed E-state index contributed by atoms with van der Waals surface area (Å²) in [6, 6.07) is 3.73. The number of urea groups is 1. The van der Waals surface area contributed by atoms with E-state index in [4.69, 9.17) is 0 Å². The third kappa shape index (κ3) is 3.77. The fourth-order valence-corrected chi connectivity index (χ4v) is 4.19. The van der Waals surface area contributed by atoms with Crippen LogP contribution in [0.4, 0.5) is 4.79 Å². The second-order valence-corrected chi connectivity index (χ2v) is 8.77. The molecule has 0 unspecified atom stereocenters. The van der Waals surface area contributed by atoms with Gasteiger partial charge >= 0.3 is 6.03 Å². The highest BCUT2D eigenvalue weighted by atomic mass is 16.2. The van der Waals surface area contributed by atoms with E-state index in [0.717, 1.165) is 30.4 Å². The van der Waals surface area contributed by atoms with E-state index < -0.39 is 0 Å². The number of piperidine rings is 1. The molecule has 3 heterocycles. The molecule has 2 fully saturated rings. The Morgan fingerprint density at radius 2 is 2.04 bits per heavy atom. The lowest BCUT2D eigenvalue weighted by molar-refractivity contribution is 0.0948. The van der Waals surface area contributed by atoms with E-state index in [1.807, 2.05) is 37.8 Å². The minimum atomic E-state index is -0.202. The molecule has 1 saturated carbocycles. The van der Waals surface area contributed by atoms with Gasteiger partial charge in [0, 0.05) is 48.5 Å². The Balaban J connectivity index is 1.21. The van der Waals surface area contributed by atoms with Crippen molar-refractivity contribution in [3.05, 3.63) is 30.2 Å². The van der Waals surface area contributed by atoms with E-state index in [-0.39, 0.29) is 17.5 Å². The number of likely N-dealkylation sites (tertiary alicyclic amines) is 1. The van der Waals surface area contributed by atoms with Gasteiger partial charge in [0.15, 0.2) is 0 Å². The normalized spacial score (nSPS) is 24.0. The Morgan fingerprint density at radius 1 is 1.30 bits per heavy atom. The number of H-pyrrole nitrogens is 1. The minimum absolute atomic E-state index is 0.0371. The van der Waals surface area contributed by atoms with Gasteiger partial charge in [-0.15, -0.1) is 0 Å². The Kier molecular flexibility index (Phi) is 4.32. The predicted octanol–water partition coefficient (Wildman–Crippen LogP) is 2.37. The van der Waals surface area contributed by atoms with Gasteiger partial charge in [0.2, 0.25) is 0 Å². The predicted molar refractivity (Wildman–Crippen MR) is 103 cm³/mol. The molecule has 1 aliphatic carbocycles. The lowest BCUT2D eigenvalue weighted by Crippen LogP contribution is -2.48. The summed E-state index contributed by atoms with van der Waals surface area (Å²) in [7, 11) is 0. The molecule has 0 aromatic carbocycles. The van der Waals surface area contributed by atoms with Crippen LogP contribution in [0.15, 0.2) is 24.5 Å². The zero-order valence-electron chi connectivity index (χ0n) is 16.1. The Bertz CT molecular complexity index is 824. The molecular formula is C20H27N5O2. The van der Waals surface area contributed by atoms with E-state index >= 15 is 0 Å².